The Kier molecular flexibility index (Phi) is 6.91. The quantitative estimate of drug-likeness (QED) is 0.712. The van der Waals surface area contributed by atoms with Crippen molar-refractivity contribution in [1.29, 1.82) is 0 Å². The molecule has 1 aliphatic rings. The third-order valence-electron chi connectivity index (χ3n) is 4.95. The molecule has 1 heterocycles. The maximum absolute atomic E-state index is 13.3. The molecule has 0 unspecified atom stereocenters. The minimum Gasteiger partial charge on any atom is -0.449 e. The molecule has 156 valence electrons. The number of anilines is 1. The number of hydrogen-bond donors (Lipinski definition) is 1. The predicted octanol–water partition coefficient (Wildman–Crippen LogP) is 5.02. The third kappa shape index (κ3) is 5.84. The standard InChI is InChI=1S/C21H33N3O4/c1-14(2)24(19(25)16-9-7-15(3)8-10-16)18-17(28-20(26)27)13-23(22-18)12-11-21(4,5)6/h11-16H,7-10H2,1-6H3,(H,26,27)/b12-11+/t15-,16-. The van der Waals surface area contributed by atoms with Gasteiger partial charge in [0.15, 0.2) is 5.75 Å². The number of amides is 1. The van der Waals surface area contributed by atoms with E-state index in [4.69, 9.17) is 9.84 Å². The summed E-state index contributed by atoms with van der Waals surface area (Å²) in [5.41, 5.74) is -0.0632. The Bertz CT molecular complexity index is 722. The fourth-order valence-corrected chi connectivity index (χ4v) is 3.38. The zero-order valence-electron chi connectivity index (χ0n) is 17.8. The maximum Gasteiger partial charge on any atom is 0.511 e. The van der Waals surface area contributed by atoms with Crippen molar-refractivity contribution in [3.8, 4) is 5.75 Å². The number of ether oxygens (including phenoxy) is 1. The van der Waals surface area contributed by atoms with Crippen LogP contribution < -0.4 is 9.64 Å². The molecule has 7 heteroatoms. The number of allylic oxidation sites excluding steroid dienone is 1. The van der Waals surface area contributed by atoms with E-state index in [2.05, 4.69) is 32.8 Å². The van der Waals surface area contributed by atoms with Gasteiger partial charge in [-0.3, -0.25) is 9.69 Å². The van der Waals surface area contributed by atoms with E-state index in [1.54, 1.807) is 11.1 Å². The molecule has 0 spiro atoms. The van der Waals surface area contributed by atoms with E-state index >= 15 is 0 Å². The first-order valence-electron chi connectivity index (χ1n) is 10.00. The van der Waals surface area contributed by atoms with E-state index in [1.165, 1.54) is 10.9 Å². The van der Waals surface area contributed by atoms with Crippen molar-refractivity contribution in [3.05, 3.63) is 12.3 Å². The highest BCUT2D eigenvalue weighted by Crippen LogP contribution is 2.34. The normalized spacial score (nSPS) is 20.5. The molecular weight excluding hydrogens is 358 g/mol. The number of rotatable bonds is 5. The molecule has 1 saturated carbocycles. The van der Waals surface area contributed by atoms with Crippen LogP contribution in [0.5, 0.6) is 5.75 Å². The largest absolute Gasteiger partial charge is 0.511 e. The van der Waals surface area contributed by atoms with Crippen LogP contribution in [-0.2, 0) is 4.79 Å². The molecule has 0 radical (unpaired) electrons. The third-order valence-corrected chi connectivity index (χ3v) is 4.95. The highest BCUT2D eigenvalue weighted by Gasteiger charge is 2.33. The Morgan fingerprint density at radius 3 is 2.39 bits per heavy atom. The van der Waals surface area contributed by atoms with Gasteiger partial charge in [0.2, 0.25) is 11.7 Å². The summed E-state index contributed by atoms with van der Waals surface area (Å²) in [6.45, 7) is 12.2. The average Bonchev–Trinajstić information content (AvgIpc) is 2.94. The number of hydrogen-bond acceptors (Lipinski definition) is 4. The van der Waals surface area contributed by atoms with Gasteiger partial charge in [-0.2, -0.15) is 0 Å². The predicted molar refractivity (Wildman–Crippen MR) is 109 cm³/mol. The first-order valence-corrected chi connectivity index (χ1v) is 10.00. The molecule has 1 aromatic heterocycles. The van der Waals surface area contributed by atoms with Crippen molar-refractivity contribution in [2.75, 3.05) is 4.90 Å². The molecule has 0 saturated heterocycles. The summed E-state index contributed by atoms with van der Waals surface area (Å²) in [6.07, 6.45) is 7.54. The van der Waals surface area contributed by atoms with Gasteiger partial charge < -0.3 is 9.84 Å². The summed E-state index contributed by atoms with van der Waals surface area (Å²) in [6, 6.07) is -0.169. The molecule has 0 aliphatic heterocycles. The summed E-state index contributed by atoms with van der Waals surface area (Å²) in [7, 11) is 0. The molecule has 0 aromatic carbocycles. The fraction of sp³-hybridized carbons (Fsp3) is 0.667. The monoisotopic (exact) mass is 391 g/mol. The van der Waals surface area contributed by atoms with Crippen molar-refractivity contribution < 1.29 is 19.4 Å². The second-order valence-corrected chi connectivity index (χ2v) is 9.11. The Labute approximate surface area is 167 Å². The Hall–Kier alpha value is -2.31. The van der Waals surface area contributed by atoms with E-state index in [1.807, 2.05) is 19.9 Å². The second-order valence-electron chi connectivity index (χ2n) is 9.11. The van der Waals surface area contributed by atoms with Gasteiger partial charge in [-0.1, -0.05) is 33.8 Å². The number of carbonyl (C=O) groups is 2. The molecule has 1 fully saturated rings. The van der Waals surface area contributed by atoms with Crippen LogP contribution in [0.4, 0.5) is 10.6 Å². The summed E-state index contributed by atoms with van der Waals surface area (Å²) >= 11 is 0. The van der Waals surface area contributed by atoms with Crippen LogP contribution in [0.1, 0.15) is 67.2 Å². The molecule has 1 amide bonds. The van der Waals surface area contributed by atoms with Gasteiger partial charge in [0, 0.05) is 18.2 Å². The van der Waals surface area contributed by atoms with Gasteiger partial charge in [0.05, 0.1) is 6.20 Å². The van der Waals surface area contributed by atoms with Crippen LogP contribution in [0.2, 0.25) is 0 Å². The smallest absolute Gasteiger partial charge is 0.449 e. The van der Waals surface area contributed by atoms with Crippen LogP contribution >= 0.6 is 0 Å². The zero-order chi connectivity index (χ0) is 21.1. The van der Waals surface area contributed by atoms with Crippen molar-refractivity contribution in [3.63, 3.8) is 0 Å². The lowest BCUT2D eigenvalue weighted by Gasteiger charge is -2.32. The van der Waals surface area contributed by atoms with Crippen LogP contribution in [0.15, 0.2) is 12.3 Å². The number of carbonyl (C=O) groups excluding carboxylic acids is 1. The minimum atomic E-state index is -1.43. The Balaban J connectivity index is 2.38. The molecule has 1 aliphatic carbocycles. The molecular formula is C21H33N3O4. The van der Waals surface area contributed by atoms with E-state index in [0.717, 1.165) is 25.7 Å². The van der Waals surface area contributed by atoms with Crippen LogP contribution in [0.3, 0.4) is 0 Å². The van der Waals surface area contributed by atoms with Crippen molar-refractivity contribution in [1.82, 2.24) is 9.78 Å². The van der Waals surface area contributed by atoms with Gasteiger partial charge >= 0.3 is 6.16 Å². The Morgan fingerprint density at radius 1 is 1.29 bits per heavy atom. The lowest BCUT2D eigenvalue weighted by Crippen LogP contribution is -2.42. The van der Waals surface area contributed by atoms with Gasteiger partial charge in [-0.15, -0.1) is 5.10 Å². The first kappa shape index (κ1) is 22.0. The zero-order valence-corrected chi connectivity index (χ0v) is 17.8. The van der Waals surface area contributed by atoms with E-state index in [0.29, 0.717) is 5.92 Å². The first-order chi connectivity index (χ1) is 13.0. The minimum absolute atomic E-state index is 0.0119. The molecule has 1 aromatic rings. The van der Waals surface area contributed by atoms with Crippen LogP contribution in [0, 0.1) is 17.3 Å². The highest BCUT2D eigenvalue weighted by molar-refractivity contribution is 5.96. The van der Waals surface area contributed by atoms with Gasteiger partial charge in [0.1, 0.15) is 0 Å². The molecule has 28 heavy (non-hydrogen) atoms. The van der Waals surface area contributed by atoms with Crippen molar-refractivity contribution in [2.24, 2.45) is 17.3 Å². The van der Waals surface area contributed by atoms with Gasteiger partial charge in [-0.05, 0) is 50.9 Å². The highest BCUT2D eigenvalue weighted by atomic mass is 16.7. The summed E-state index contributed by atoms with van der Waals surface area (Å²) < 4.78 is 6.45. The summed E-state index contributed by atoms with van der Waals surface area (Å²) in [5, 5.41) is 13.6. The van der Waals surface area contributed by atoms with Gasteiger partial charge in [0.25, 0.3) is 0 Å². The molecule has 0 atom stereocenters. The topological polar surface area (TPSA) is 84.7 Å². The lowest BCUT2D eigenvalue weighted by molar-refractivity contribution is -0.124. The SMILES string of the molecule is CC(C)N(c1nn(/C=C/C(C)(C)C)cc1OC(=O)O)C(=O)[C@H]1CC[C@H](C)CC1. The van der Waals surface area contributed by atoms with Crippen molar-refractivity contribution >= 4 is 24.1 Å². The molecule has 2 rings (SSSR count). The van der Waals surface area contributed by atoms with E-state index in [-0.39, 0.29) is 34.8 Å². The maximum atomic E-state index is 13.3. The van der Waals surface area contributed by atoms with Gasteiger partial charge in [-0.25, -0.2) is 9.48 Å². The number of aromatic nitrogens is 2. The number of carboxylic acid groups (broad SMARTS) is 1. The van der Waals surface area contributed by atoms with Crippen LogP contribution in [0.25, 0.3) is 6.20 Å². The molecule has 0 bridgehead atoms. The molecule has 7 nitrogen and oxygen atoms in total. The van der Waals surface area contributed by atoms with Crippen molar-refractivity contribution in [2.45, 2.75) is 73.3 Å². The fourth-order valence-electron chi connectivity index (χ4n) is 3.38. The second kappa shape index (κ2) is 8.80. The van der Waals surface area contributed by atoms with E-state index in [9.17, 15) is 9.59 Å². The Morgan fingerprint density at radius 2 is 1.89 bits per heavy atom. The summed E-state index contributed by atoms with van der Waals surface area (Å²) in [5.74, 6) is 0.884. The lowest BCUT2D eigenvalue weighted by atomic mass is 9.82. The summed E-state index contributed by atoms with van der Waals surface area (Å²) in [4.78, 5) is 26.0. The number of nitrogens with zero attached hydrogens (tertiary/aromatic N) is 3. The average molecular weight is 392 g/mol. The molecule has 1 N–H and O–H groups in total. The van der Waals surface area contributed by atoms with E-state index < -0.39 is 6.16 Å². The van der Waals surface area contributed by atoms with Crippen LogP contribution in [-0.4, -0.2) is 33.0 Å².